The zero-order valence-corrected chi connectivity index (χ0v) is 17.7. The molecule has 2 aliphatic heterocycles. The number of hydrogen-bond acceptors (Lipinski definition) is 4. The van der Waals surface area contributed by atoms with E-state index >= 15 is 0 Å². The molecule has 3 fully saturated rings. The van der Waals surface area contributed by atoms with Crippen molar-refractivity contribution in [2.45, 2.75) is 37.1 Å². The van der Waals surface area contributed by atoms with E-state index in [-0.39, 0.29) is 24.1 Å². The molecule has 0 bridgehead atoms. The first-order valence-corrected chi connectivity index (χ1v) is 11.3. The van der Waals surface area contributed by atoms with Gasteiger partial charge in [0.2, 0.25) is 0 Å². The van der Waals surface area contributed by atoms with Crippen LogP contribution in [0.1, 0.15) is 30.9 Å². The summed E-state index contributed by atoms with van der Waals surface area (Å²) in [4.78, 5) is 19.7. The number of carbonyl (C=O) groups is 1. The van der Waals surface area contributed by atoms with Gasteiger partial charge >= 0.3 is 6.03 Å². The second-order valence-electron chi connectivity index (χ2n) is 8.76. The Morgan fingerprint density at radius 2 is 1.47 bits per heavy atom. The lowest BCUT2D eigenvalue weighted by atomic mass is 9.72. The average molecular weight is 427 g/mol. The highest BCUT2D eigenvalue weighted by atomic mass is 16.7. The van der Waals surface area contributed by atoms with Crippen molar-refractivity contribution in [2.75, 3.05) is 10.1 Å². The fourth-order valence-electron chi connectivity index (χ4n) is 5.54. The first-order valence-electron chi connectivity index (χ1n) is 11.3. The first-order chi connectivity index (χ1) is 15.8. The zero-order valence-electron chi connectivity index (χ0n) is 17.7. The molecule has 2 N–H and O–H groups in total. The van der Waals surface area contributed by atoms with E-state index in [1.54, 1.807) is 5.01 Å². The number of nitrogens with zero attached hydrogens (tertiary/aromatic N) is 2. The van der Waals surface area contributed by atoms with Crippen LogP contribution in [-0.2, 0) is 4.84 Å². The van der Waals surface area contributed by atoms with Crippen molar-refractivity contribution >= 4 is 17.4 Å². The molecule has 6 heteroatoms. The molecule has 2 saturated heterocycles. The minimum Gasteiger partial charge on any atom is -0.316 e. The van der Waals surface area contributed by atoms with Gasteiger partial charge in [0.25, 0.3) is 0 Å². The fourth-order valence-corrected chi connectivity index (χ4v) is 5.54. The molecule has 1 saturated carbocycles. The molecule has 6 rings (SSSR count). The normalized spacial score (nSPS) is 29.2. The Bertz CT molecular complexity index is 1090. The van der Waals surface area contributed by atoms with Gasteiger partial charge in [-0.1, -0.05) is 66.7 Å². The summed E-state index contributed by atoms with van der Waals surface area (Å²) >= 11 is 0. The number of hydrazine groups is 1. The molecule has 2 amide bonds. The third kappa shape index (κ3) is 3.06. The summed E-state index contributed by atoms with van der Waals surface area (Å²) in [7, 11) is 0. The zero-order chi connectivity index (χ0) is 21.5. The number of urea groups is 1. The monoisotopic (exact) mass is 426 g/mol. The lowest BCUT2D eigenvalue weighted by Crippen LogP contribution is -2.62. The Kier molecular flexibility index (Phi) is 4.63. The molecule has 1 spiro atoms. The van der Waals surface area contributed by atoms with Crippen molar-refractivity contribution < 1.29 is 9.63 Å². The third-order valence-electron chi connectivity index (χ3n) is 6.88. The summed E-state index contributed by atoms with van der Waals surface area (Å²) in [5.41, 5.74) is 6.03. The molecule has 3 aliphatic rings. The summed E-state index contributed by atoms with van der Waals surface area (Å²) in [6.07, 6.45) is 2.78. The van der Waals surface area contributed by atoms with Crippen molar-refractivity contribution in [2.24, 2.45) is 5.92 Å². The van der Waals surface area contributed by atoms with Crippen LogP contribution in [-0.4, -0.2) is 17.8 Å². The van der Waals surface area contributed by atoms with E-state index in [0.29, 0.717) is 0 Å². The van der Waals surface area contributed by atoms with Gasteiger partial charge in [0.15, 0.2) is 0 Å². The molecule has 4 atom stereocenters. The lowest BCUT2D eigenvalue weighted by Gasteiger charge is -2.43. The van der Waals surface area contributed by atoms with Gasteiger partial charge in [0.05, 0.1) is 29.4 Å². The third-order valence-corrected chi connectivity index (χ3v) is 6.88. The van der Waals surface area contributed by atoms with Crippen LogP contribution in [0.25, 0.3) is 0 Å². The number of carbonyl (C=O) groups excluding carboxylic acids is 1. The average Bonchev–Trinajstić information content (AvgIpc) is 3.40. The van der Waals surface area contributed by atoms with Crippen molar-refractivity contribution in [1.82, 2.24) is 10.7 Å². The van der Waals surface area contributed by atoms with Gasteiger partial charge in [-0.3, -0.25) is 4.84 Å². The summed E-state index contributed by atoms with van der Waals surface area (Å²) in [6.45, 7) is 0. The molecular weight excluding hydrogens is 400 g/mol. The Labute approximate surface area is 187 Å². The molecule has 6 nitrogen and oxygen atoms in total. The minimum absolute atomic E-state index is 0.00214. The van der Waals surface area contributed by atoms with E-state index in [1.807, 2.05) is 54.6 Å². The van der Waals surface area contributed by atoms with Gasteiger partial charge in [-0.05, 0) is 49.1 Å². The highest BCUT2D eigenvalue weighted by Gasteiger charge is 2.61. The highest BCUT2D eigenvalue weighted by molar-refractivity contribution is 5.94. The summed E-state index contributed by atoms with van der Waals surface area (Å²) < 4.78 is 0. The van der Waals surface area contributed by atoms with Crippen molar-refractivity contribution in [1.29, 1.82) is 0 Å². The van der Waals surface area contributed by atoms with Crippen LogP contribution >= 0.6 is 0 Å². The molecular formula is C26H26N4O2. The van der Waals surface area contributed by atoms with Crippen LogP contribution in [0.4, 0.5) is 16.2 Å². The Balaban J connectivity index is 1.43. The van der Waals surface area contributed by atoms with Crippen molar-refractivity contribution in [3.8, 4) is 0 Å². The molecule has 0 radical (unpaired) electrons. The predicted molar refractivity (Wildman–Crippen MR) is 124 cm³/mol. The number of hydrogen-bond donors (Lipinski definition) is 2. The van der Waals surface area contributed by atoms with Crippen molar-refractivity contribution in [3.05, 3.63) is 96.6 Å². The maximum absolute atomic E-state index is 13.1. The first kappa shape index (κ1) is 19.3. The fraction of sp³-hybridized carbons (Fsp3) is 0.269. The summed E-state index contributed by atoms with van der Waals surface area (Å²) in [5.74, 6) is 0.0384. The summed E-state index contributed by atoms with van der Waals surface area (Å²) in [5, 5.41) is 7.03. The van der Waals surface area contributed by atoms with Gasteiger partial charge in [0.1, 0.15) is 5.66 Å². The maximum Gasteiger partial charge on any atom is 0.338 e. The van der Waals surface area contributed by atoms with E-state index in [0.717, 1.165) is 30.6 Å². The Morgan fingerprint density at radius 3 is 2.16 bits per heavy atom. The lowest BCUT2D eigenvalue weighted by molar-refractivity contribution is 0.00991. The maximum atomic E-state index is 13.1. The van der Waals surface area contributed by atoms with Gasteiger partial charge in [-0.2, -0.15) is 5.43 Å². The number of hydroxylamine groups is 1. The molecule has 0 aromatic heterocycles. The number of fused-ring (bicyclic) bond motifs is 2. The number of anilines is 2. The van der Waals surface area contributed by atoms with Gasteiger partial charge in [-0.15, -0.1) is 0 Å². The number of nitrogens with one attached hydrogen (secondary N) is 2. The van der Waals surface area contributed by atoms with Crippen LogP contribution in [0.15, 0.2) is 91.0 Å². The van der Waals surface area contributed by atoms with Crippen LogP contribution in [0.3, 0.4) is 0 Å². The number of amides is 2. The van der Waals surface area contributed by atoms with Gasteiger partial charge < -0.3 is 5.32 Å². The quantitative estimate of drug-likeness (QED) is 0.633. The van der Waals surface area contributed by atoms with E-state index in [2.05, 4.69) is 52.2 Å². The summed E-state index contributed by atoms with van der Waals surface area (Å²) in [6, 6.07) is 30.3. The molecule has 3 aromatic carbocycles. The molecule has 1 aliphatic carbocycles. The number of para-hydroxylation sites is 2. The number of rotatable bonds is 3. The van der Waals surface area contributed by atoms with E-state index in [4.69, 9.17) is 4.84 Å². The van der Waals surface area contributed by atoms with E-state index < -0.39 is 5.66 Å². The smallest absolute Gasteiger partial charge is 0.316 e. The molecule has 3 aromatic rings. The molecule has 2 heterocycles. The number of benzene rings is 3. The van der Waals surface area contributed by atoms with Crippen molar-refractivity contribution in [3.63, 3.8) is 0 Å². The second-order valence-corrected chi connectivity index (χ2v) is 8.76. The largest absolute Gasteiger partial charge is 0.338 e. The Morgan fingerprint density at radius 1 is 0.844 bits per heavy atom. The SMILES string of the molecule is O=C1N[C@@]2(CCC[C@H]3ON(c4ccccc4)[C@@H](c4ccccc4)[C@@H]32)NN1c1ccccc1. The van der Waals surface area contributed by atoms with Crippen LogP contribution in [0, 0.1) is 5.92 Å². The van der Waals surface area contributed by atoms with E-state index in [1.165, 1.54) is 5.56 Å². The van der Waals surface area contributed by atoms with Crippen LogP contribution in [0.2, 0.25) is 0 Å². The molecule has 32 heavy (non-hydrogen) atoms. The van der Waals surface area contributed by atoms with Crippen LogP contribution in [0.5, 0.6) is 0 Å². The minimum atomic E-state index is -0.583. The van der Waals surface area contributed by atoms with E-state index in [9.17, 15) is 4.79 Å². The van der Waals surface area contributed by atoms with Crippen LogP contribution < -0.4 is 20.8 Å². The van der Waals surface area contributed by atoms with Gasteiger partial charge in [-0.25, -0.2) is 14.9 Å². The molecule has 0 unspecified atom stereocenters. The second kappa shape index (κ2) is 7.65. The Hall–Kier alpha value is -3.35. The topological polar surface area (TPSA) is 56.8 Å². The highest BCUT2D eigenvalue weighted by Crippen LogP contribution is 2.52. The standard InChI is InChI=1S/C26H26N4O2/c31-25-27-26(28-29(25)20-13-6-2-7-14-20)18-10-17-22-23(26)24(19-11-4-1-5-12-19)30(32-22)21-15-8-3-9-16-21/h1-9,11-16,22-24,28H,10,17-18H2,(H,27,31)/t22-,23-,24+,26+/m1/s1. The molecule has 162 valence electrons. The predicted octanol–water partition coefficient (Wildman–Crippen LogP) is 4.78. The van der Waals surface area contributed by atoms with Gasteiger partial charge in [0, 0.05) is 0 Å².